The zero-order valence-corrected chi connectivity index (χ0v) is 16.8. The minimum absolute atomic E-state index is 0.0179. The van der Waals surface area contributed by atoms with Gasteiger partial charge in [0.2, 0.25) is 0 Å². The molecule has 1 aliphatic rings. The van der Waals surface area contributed by atoms with Crippen molar-refractivity contribution in [3.63, 3.8) is 0 Å². The first-order valence-electron chi connectivity index (χ1n) is 8.55. The summed E-state index contributed by atoms with van der Waals surface area (Å²) < 4.78 is 16.7. The fourth-order valence-electron chi connectivity index (χ4n) is 3.08. The molecule has 27 heavy (non-hydrogen) atoms. The molecule has 2 aromatic rings. The maximum absolute atomic E-state index is 12.7. The van der Waals surface area contributed by atoms with E-state index < -0.39 is 17.8 Å². The van der Waals surface area contributed by atoms with Crippen LogP contribution in [0.3, 0.4) is 0 Å². The molecule has 1 aromatic heterocycles. The predicted molar refractivity (Wildman–Crippen MR) is 101 cm³/mol. The smallest absolute Gasteiger partial charge is 0.308 e. The van der Waals surface area contributed by atoms with E-state index in [-0.39, 0.29) is 18.9 Å². The van der Waals surface area contributed by atoms with E-state index in [0.717, 1.165) is 10.1 Å². The molecule has 7 nitrogen and oxygen atoms in total. The molecule has 0 aliphatic carbocycles. The number of esters is 1. The lowest BCUT2D eigenvalue weighted by Gasteiger charge is -2.23. The molecule has 1 atom stereocenters. The molecule has 1 unspecified atom stereocenters. The van der Waals surface area contributed by atoms with Crippen LogP contribution >= 0.6 is 11.3 Å². The number of nitrogens with zero attached hydrogens (tertiary/aromatic N) is 1. The molecule has 1 amide bonds. The van der Waals surface area contributed by atoms with Crippen molar-refractivity contribution in [2.75, 3.05) is 20.8 Å². The van der Waals surface area contributed by atoms with Gasteiger partial charge in [0.1, 0.15) is 10.5 Å². The molecule has 0 saturated carbocycles. The number of carbonyl (C=O) groups excluding carboxylic acids is 2. The molecule has 0 saturated heterocycles. The zero-order chi connectivity index (χ0) is 19.9. The van der Waals surface area contributed by atoms with Crippen molar-refractivity contribution in [1.29, 1.82) is 0 Å². The van der Waals surface area contributed by atoms with E-state index in [9.17, 15) is 14.7 Å². The summed E-state index contributed by atoms with van der Waals surface area (Å²) in [6.07, 6.45) is -1.09. The van der Waals surface area contributed by atoms with Crippen molar-refractivity contribution in [2.24, 2.45) is 0 Å². The number of thiophene rings is 1. The van der Waals surface area contributed by atoms with Gasteiger partial charge in [-0.3, -0.25) is 9.59 Å². The Morgan fingerprint density at radius 2 is 1.85 bits per heavy atom. The molecule has 1 aromatic carbocycles. The van der Waals surface area contributed by atoms with Crippen molar-refractivity contribution in [1.82, 2.24) is 4.90 Å². The van der Waals surface area contributed by atoms with Gasteiger partial charge in [-0.2, -0.15) is 0 Å². The highest BCUT2D eigenvalue weighted by atomic mass is 32.1. The highest BCUT2D eigenvalue weighted by Gasteiger charge is 2.39. The summed E-state index contributed by atoms with van der Waals surface area (Å²) in [7, 11) is 3.08. The van der Waals surface area contributed by atoms with E-state index >= 15 is 0 Å². The monoisotopic (exact) mass is 393 g/mol. The first kappa shape index (κ1) is 19.4. The summed E-state index contributed by atoms with van der Waals surface area (Å²) in [6.45, 7) is 5.44. The molecule has 0 bridgehead atoms. The Labute approximate surface area is 161 Å². The second kappa shape index (κ2) is 7.01. The molecule has 0 spiro atoms. The van der Waals surface area contributed by atoms with Crippen LogP contribution in [0.25, 0.3) is 10.1 Å². The third-order valence-electron chi connectivity index (χ3n) is 4.22. The summed E-state index contributed by atoms with van der Waals surface area (Å²) in [5, 5.41) is 11.5. The largest absolute Gasteiger partial charge is 0.493 e. The van der Waals surface area contributed by atoms with Crippen LogP contribution < -0.4 is 9.47 Å². The van der Waals surface area contributed by atoms with E-state index in [0.29, 0.717) is 21.9 Å². The topological polar surface area (TPSA) is 85.3 Å². The maximum atomic E-state index is 12.7. The number of amides is 1. The van der Waals surface area contributed by atoms with Crippen LogP contribution in [0.4, 0.5) is 0 Å². The number of aliphatic hydroxyl groups is 1. The average molecular weight is 393 g/mol. The Morgan fingerprint density at radius 3 is 2.44 bits per heavy atom. The van der Waals surface area contributed by atoms with Gasteiger partial charge in [0, 0.05) is 28.3 Å². The molecule has 8 heteroatoms. The number of ether oxygens (including phenoxy) is 3. The number of hydrogen-bond acceptors (Lipinski definition) is 7. The number of fused-ring (bicyclic) bond motifs is 3. The number of rotatable bonds is 5. The fraction of sp³-hybridized carbons (Fsp3) is 0.474. The van der Waals surface area contributed by atoms with Crippen LogP contribution in [0.2, 0.25) is 0 Å². The van der Waals surface area contributed by atoms with Crippen molar-refractivity contribution in [2.45, 2.75) is 39.0 Å². The molecule has 1 aliphatic heterocycles. The average Bonchev–Trinajstić information content (AvgIpc) is 3.06. The van der Waals surface area contributed by atoms with Gasteiger partial charge in [0.15, 0.2) is 17.7 Å². The van der Waals surface area contributed by atoms with Gasteiger partial charge in [0.05, 0.1) is 20.6 Å². The Bertz CT molecular complexity index is 898. The standard InChI is InChI=1S/C19H23NO6S/c1-19(2,3)26-14(21)6-7-20-17(22)15-10-8-11(24-4)12(25-5)9-13(10)27-16(15)18(20)23/h8-9,17,22H,6-7H2,1-5H3. The number of benzene rings is 1. The first-order valence-corrected chi connectivity index (χ1v) is 9.37. The predicted octanol–water partition coefficient (Wildman–Crippen LogP) is 3.10. The second-order valence-electron chi connectivity index (χ2n) is 7.26. The maximum Gasteiger partial charge on any atom is 0.308 e. The van der Waals surface area contributed by atoms with Gasteiger partial charge in [-0.25, -0.2) is 0 Å². The molecule has 146 valence electrons. The normalized spacial score (nSPS) is 16.6. The van der Waals surface area contributed by atoms with Gasteiger partial charge in [0.25, 0.3) is 5.91 Å². The molecule has 1 N–H and O–H groups in total. The Morgan fingerprint density at radius 1 is 1.22 bits per heavy atom. The third-order valence-corrected chi connectivity index (χ3v) is 5.37. The van der Waals surface area contributed by atoms with E-state index in [1.165, 1.54) is 23.3 Å². The van der Waals surface area contributed by atoms with Crippen molar-refractivity contribution >= 4 is 33.3 Å². The second-order valence-corrected chi connectivity index (χ2v) is 8.31. The van der Waals surface area contributed by atoms with Gasteiger partial charge in [-0.05, 0) is 26.8 Å². The van der Waals surface area contributed by atoms with E-state index in [2.05, 4.69) is 0 Å². The third kappa shape index (κ3) is 3.59. The summed E-state index contributed by atoms with van der Waals surface area (Å²) in [4.78, 5) is 26.4. The van der Waals surface area contributed by atoms with Crippen LogP contribution in [-0.2, 0) is 9.53 Å². The number of hydrogen-bond donors (Lipinski definition) is 1. The van der Waals surface area contributed by atoms with Crippen LogP contribution in [-0.4, -0.2) is 48.2 Å². The van der Waals surface area contributed by atoms with Gasteiger partial charge >= 0.3 is 5.97 Å². The van der Waals surface area contributed by atoms with E-state index in [1.807, 2.05) is 0 Å². The number of methoxy groups -OCH3 is 2. The highest BCUT2D eigenvalue weighted by Crippen LogP contribution is 2.46. The highest BCUT2D eigenvalue weighted by molar-refractivity contribution is 7.21. The number of carbonyl (C=O) groups is 2. The zero-order valence-electron chi connectivity index (χ0n) is 16.0. The molecule has 3 rings (SSSR count). The fourth-order valence-corrected chi connectivity index (χ4v) is 4.28. The first-order chi connectivity index (χ1) is 12.7. The lowest BCUT2D eigenvalue weighted by molar-refractivity contribution is -0.155. The molecular formula is C19H23NO6S. The summed E-state index contributed by atoms with van der Waals surface area (Å²) in [5.74, 6) is 0.389. The quantitative estimate of drug-likeness (QED) is 0.786. The van der Waals surface area contributed by atoms with Gasteiger partial charge in [-0.1, -0.05) is 0 Å². The number of aliphatic hydroxyl groups excluding tert-OH is 1. The summed E-state index contributed by atoms with van der Waals surface area (Å²) in [6, 6.07) is 3.56. The van der Waals surface area contributed by atoms with Crippen molar-refractivity contribution in [3.8, 4) is 11.5 Å². The SMILES string of the molecule is COc1cc2sc3c(c2cc1OC)C(O)N(CCC(=O)OC(C)(C)C)C3=O. The van der Waals surface area contributed by atoms with Crippen molar-refractivity contribution in [3.05, 3.63) is 22.6 Å². The molecule has 0 radical (unpaired) electrons. The lowest BCUT2D eigenvalue weighted by Crippen LogP contribution is -2.32. The van der Waals surface area contributed by atoms with Crippen molar-refractivity contribution < 1.29 is 28.9 Å². The van der Waals surface area contributed by atoms with Crippen LogP contribution in [0.15, 0.2) is 12.1 Å². The van der Waals surface area contributed by atoms with E-state index in [1.54, 1.807) is 40.0 Å². The molecule has 2 heterocycles. The summed E-state index contributed by atoms with van der Waals surface area (Å²) in [5.41, 5.74) is -0.0417. The van der Waals surface area contributed by atoms with Crippen LogP contribution in [0.1, 0.15) is 48.7 Å². The minimum atomic E-state index is -1.11. The minimum Gasteiger partial charge on any atom is -0.493 e. The van der Waals surface area contributed by atoms with Gasteiger partial charge in [-0.15, -0.1) is 11.3 Å². The molecular weight excluding hydrogens is 370 g/mol. The van der Waals surface area contributed by atoms with E-state index in [4.69, 9.17) is 14.2 Å². The van der Waals surface area contributed by atoms with Crippen LogP contribution in [0.5, 0.6) is 11.5 Å². The Balaban J connectivity index is 1.85. The van der Waals surface area contributed by atoms with Gasteiger partial charge < -0.3 is 24.2 Å². The Hall–Kier alpha value is -2.32. The lowest BCUT2D eigenvalue weighted by atomic mass is 10.1. The van der Waals surface area contributed by atoms with Crippen LogP contribution in [0, 0.1) is 0 Å². The molecule has 0 fully saturated rings. The Kier molecular flexibility index (Phi) is 5.05. The summed E-state index contributed by atoms with van der Waals surface area (Å²) >= 11 is 1.29.